The molecule has 0 unspecified atom stereocenters. The molecule has 3 aromatic rings. The van der Waals surface area contributed by atoms with Gasteiger partial charge in [-0.3, -0.25) is 19.5 Å². The fourth-order valence-electron chi connectivity index (χ4n) is 4.31. The van der Waals surface area contributed by atoms with Gasteiger partial charge in [0, 0.05) is 51.5 Å². The van der Waals surface area contributed by atoms with Gasteiger partial charge in [0.05, 0.1) is 22.9 Å². The summed E-state index contributed by atoms with van der Waals surface area (Å²) in [7, 11) is 3.69. The third-order valence-corrected chi connectivity index (χ3v) is 6.33. The fourth-order valence-corrected chi connectivity index (χ4v) is 4.31. The van der Waals surface area contributed by atoms with Crippen molar-refractivity contribution in [2.24, 2.45) is 0 Å². The summed E-state index contributed by atoms with van der Waals surface area (Å²) in [4.78, 5) is 40.3. The second-order valence-electron chi connectivity index (χ2n) is 8.35. The van der Waals surface area contributed by atoms with E-state index in [1.807, 2.05) is 31.3 Å². The van der Waals surface area contributed by atoms with Crippen LogP contribution in [0, 0.1) is 0 Å². The van der Waals surface area contributed by atoms with Crippen LogP contribution in [0.3, 0.4) is 0 Å². The van der Waals surface area contributed by atoms with Crippen molar-refractivity contribution in [3.8, 4) is 0 Å². The number of piperidine rings is 1. The number of carbonyl (C=O) groups is 1. The van der Waals surface area contributed by atoms with Gasteiger partial charge in [-0.2, -0.15) is 0 Å². The maximum atomic E-state index is 12.1. The number of fused-ring (bicyclic) bond motifs is 1. The third-order valence-electron chi connectivity index (χ3n) is 6.33. The van der Waals surface area contributed by atoms with Gasteiger partial charge in [-0.1, -0.05) is 6.92 Å². The number of aromatic amines is 1. The van der Waals surface area contributed by atoms with E-state index in [2.05, 4.69) is 37.1 Å². The van der Waals surface area contributed by atoms with E-state index in [9.17, 15) is 9.59 Å². The van der Waals surface area contributed by atoms with Crippen molar-refractivity contribution in [3.05, 3.63) is 63.8 Å². The molecule has 168 valence electrons. The van der Waals surface area contributed by atoms with E-state index >= 15 is 0 Å². The SMILES string of the molecule is CCc1cc2ncc(CN3CCC(N(C)c4ccc(C(=O)NC)nc4)CC3)cc2[nH]c1=O. The highest BCUT2D eigenvalue weighted by atomic mass is 16.1. The zero-order valence-electron chi connectivity index (χ0n) is 18.9. The lowest BCUT2D eigenvalue weighted by atomic mass is 10.0. The molecule has 1 aliphatic heterocycles. The number of aryl methyl sites for hydroxylation is 1. The number of carbonyl (C=O) groups excluding carboxylic acids is 1. The lowest BCUT2D eigenvalue weighted by Crippen LogP contribution is -2.43. The molecule has 1 fully saturated rings. The normalized spacial score (nSPS) is 15.1. The molecular weight excluding hydrogens is 404 g/mol. The van der Waals surface area contributed by atoms with E-state index < -0.39 is 0 Å². The van der Waals surface area contributed by atoms with E-state index in [0.717, 1.165) is 60.3 Å². The molecule has 4 heterocycles. The quantitative estimate of drug-likeness (QED) is 0.619. The number of anilines is 1. The highest BCUT2D eigenvalue weighted by Crippen LogP contribution is 2.23. The summed E-state index contributed by atoms with van der Waals surface area (Å²) >= 11 is 0. The second-order valence-corrected chi connectivity index (χ2v) is 8.35. The molecule has 0 radical (unpaired) electrons. The molecule has 2 N–H and O–H groups in total. The smallest absolute Gasteiger partial charge is 0.269 e. The maximum Gasteiger partial charge on any atom is 0.269 e. The Kier molecular flexibility index (Phi) is 6.50. The largest absolute Gasteiger partial charge is 0.370 e. The summed E-state index contributed by atoms with van der Waals surface area (Å²) in [5.41, 5.74) is 4.93. The molecule has 0 aliphatic carbocycles. The van der Waals surface area contributed by atoms with Crippen molar-refractivity contribution >= 4 is 22.6 Å². The number of rotatable bonds is 6. The Morgan fingerprint density at radius 3 is 2.66 bits per heavy atom. The number of nitrogens with one attached hydrogen (secondary N) is 2. The molecule has 1 aliphatic rings. The minimum Gasteiger partial charge on any atom is -0.370 e. The fraction of sp³-hybridized carbons (Fsp3) is 0.417. The zero-order chi connectivity index (χ0) is 22.7. The van der Waals surface area contributed by atoms with Gasteiger partial charge in [-0.15, -0.1) is 0 Å². The minimum atomic E-state index is -0.175. The maximum absolute atomic E-state index is 12.1. The molecule has 1 saturated heterocycles. The number of hydrogen-bond acceptors (Lipinski definition) is 6. The van der Waals surface area contributed by atoms with Crippen molar-refractivity contribution in [1.82, 2.24) is 25.2 Å². The van der Waals surface area contributed by atoms with Crippen molar-refractivity contribution in [3.63, 3.8) is 0 Å². The van der Waals surface area contributed by atoms with E-state index in [1.54, 1.807) is 19.3 Å². The third kappa shape index (κ3) is 4.65. The molecule has 4 rings (SSSR count). The Morgan fingerprint density at radius 2 is 2.00 bits per heavy atom. The summed E-state index contributed by atoms with van der Waals surface area (Å²) < 4.78 is 0. The number of likely N-dealkylation sites (tertiary alicyclic amines) is 1. The topological polar surface area (TPSA) is 94.2 Å². The summed E-state index contributed by atoms with van der Waals surface area (Å²) in [6, 6.07) is 8.07. The van der Waals surface area contributed by atoms with Crippen LogP contribution in [0.25, 0.3) is 11.0 Å². The first-order valence-electron chi connectivity index (χ1n) is 11.1. The van der Waals surface area contributed by atoms with E-state index in [0.29, 0.717) is 18.2 Å². The lowest BCUT2D eigenvalue weighted by Gasteiger charge is -2.37. The van der Waals surface area contributed by atoms with Gasteiger partial charge in [0.15, 0.2) is 0 Å². The molecule has 0 aromatic carbocycles. The van der Waals surface area contributed by atoms with Crippen LogP contribution < -0.4 is 15.8 Å². The van der Waals surface area contributed by atoms with E-state index in [1.165, 1.54) is 0 Å². The van der Waals surface area contributed by atoms with Gasteiger partial charge in [-0.25, -0.2) is 4.98 Å². The Labute approximate surface area is 187 Å². The standard InChI is InChI=1S/C24H30N6O2/c1-4-17-12-21-22(28-23(17)31)11-16(13-26-21)15-30-9-7-18(8-10-30)29(3)19-5-6-20(27-14-19)24(32)25-2/h5-6,11-14,18H,4,7-10,15H2,1-3H3,(H,25,32)(H,28,31). The van der Waals surface area contributed by atoms with Crippen molar-refractivity contribution in [1.29, 1.82) is 0 Å². The van der Waals surface area contributed by atoms with Gasteiger partial charge < -0.3 is 15.2 Å². The van der Waals surface area contributed by atoms with E-state index in [4.69, 9.17) is 0 Å². The van der Waals surface area contributed by atoms with Gasteiger partial charge in [0.25, 0.3) is 11.5 Å². The summed E-state index contributed by atoms with van der Waals surface area (Å²) in [5.74, 6) is -0.175. The molecule has 0 saturated carbocycles. The summed E-state index contributed by atoms with van der Waals surface area (Å²) in [6.07, 6.45) is 6.48. The van der Waals surface area contributed by atoms with Crippen LogP contribution in [-0.4, -0.2) is 59.0 Å². The Hall–Kier alpha value is -3.26. The van der Waals surface area contributed by atoms with Crippen LogP contribution in [0.4, 0.5) is 5.69 Å². The van der Waals surface area contributed by atoms with Gasteiger partial charge in [0.1, 0.15) is 5.69 Å². The second kappa shape index (κ2) is 9.48. The molecule has 0 bridgehead atoms. The molecule has 0 spiro atoms. The highest BCUT2D eigenvalue weighted by Gasteiger charge is 2.23. The van der Waals surface area contributed by atoms with Gasteiger partial charge in [-0.05, 0) is 49.1 Å². The van der Waals surface area contributed by atoms with Crippen molar-refractivity contribution < 1.29 is 4.79 Å². The molecule has 8 heteroatoms. The first kappa shape index (κ1) is 22.0. The number of H-pyrrole nitrogens is 1. The van der Waals surface area contributed by atoms with Crippen LogP contribution in [-0.2, 0) is 13.0 Å². The summed E-state index contributed by atoms with van der Waals surface area (Å²) in [5, 5.41) is 2.59. The average Bonchev–Trinajstić information content (AvgIpc) is 2.83. The van der Waals surface area contributed by atoms with Crippen LogP contribution in [0.1, 0.15) is 41.4 Å². The Bertz CT molecular complexity index is 1150. The number of pyridine rings is 3. The summed E-state index contributed by atoms with van der Waals surface area (Å²) in [6.45, 7) is 4.77. The number of amides is 1. The average molecular weight is 435 g/mol. The molecule has 32 heavy (non-hydrogen) atoms. The van der Waals surface area contributed by atoms with Crippen LogP contribution in [0.15, 0.2) is 41.5 Å². The number of nitrogens with zero attached hydrogens (tertiary/aromatic N) is 4. The first-order valence-corrected chi connectivity index (χ1v) is 11.1. The van der Waals surface area contributed by atoms with Crippen molar-refractivity contribution in [2.75, 3.05) is 32.1 Å². The van der Waals surface area contributed by atoms with Crippen LogP contribution in [0.2, 0.25) is 0 Å². The predicted molar refractivity (Wildman–Crippen MR) is 126 cm³/mol. The van der Waals surface area contributed by atoms with Crippen LogP contribution >= 0.6 is 0 Å². The zero-order valence-corrected chi connectivity index (χ0v) is 18.9. The van der Waals surface area contributed by atoms with Crippen molar-refractivity contribution in [2.45, 2.75) is 38.8 Å². The highest BCUT2D eigenvalue weighted by molar-refractivity contribution is 5.92. The van der Waals surface area contributed by atoms with Gasteiger partial charge in [0.2, 0.25) is 0 Å². The number of aromatic nitrogens is 3. The molecule has 0 atom stereocenters. The lowest BCUT2D eigenvalue weighted by molar-refractivity contribution is 0.0958. The molecule has 1 amide bonds. The van der Waals surface area contributed by atoms with Gasteiger partial charge >= 0.3 is 0 Å². The minimum absolute atomic E-state index is 0.0272. The molecule has 8 nitrogen and oxygen atoms in total. The van der Waals surface area contributed by atoms with E-state index in [-0.39, 0.29) is 11.5 Å². The molecular formula is C24H30N6O2. The van der Waals surface area contributed by atoms with Crippen LogP contribution in [0.5, 0.6) is 0 Å². The Morgan fingerprint density at radius 1 is 1.22 bits per heavy atom. The monoisotopic (exact) mass is 434 g/mol. The number of hydrogen-bond donors (Lipinski definition) is 2. The predicted octanol–water partition coefficient (Wildman–Crippen LogP) is 2.34. The first-order chi connectivity index (χ1) is 15.5. The Balaban J connectivity index is 1.36. The molecule has 3 aromatic heterocycles.